The highest BCUT2D eigenvalue weighted by atomic mass is 19.3. The van der Waals surface area contributed by atoms with Gasteiger partial charge in [-0.15, -0.1) is 0 Å². The first-order valence-electron chi connectivity index (χ1n) is 5.50. The van der Waals surface area contributed by atoms with E-state index in [9.17, 15) is 13.6 Å². The fourth-order valence-electron chi connectivity index (χ4n) is 1.46. The molecule has 0 aliphatic rings. The van der Waals surface area contributed by atoms with E-state index in [2.05, 4.69) is 0 Å². The quantitative estimate of drug-likeness (QED) is 0.733. The van der Waals surface area contributed by atoms with Crippen LogP contribution in [0.5, 0.6) is 0 Å². The summed E-state index contributed by atoms with van der Waals surface area (Å²) in [5.41, 5.74) is 5.45. The van der Waals surface area contributed by atoms with Crippen LogP contribution in [0.15, 0.2) is 0 Å². The Bertz CT molecular complexity index is 220. The van der Waals surface area contributed by atoms with E-state index in [1.807, 2.05) is 13.8 Å². The second kappa shape index (κ2) is 6.78. The Labute approximate surface area is 96.0 Å². The minimum absolute atomic E-state index is 0.00389. The van der Waals surface area contributed by atoms with Crippen molar-refractivity contribution in [1.82, 2.24) is 4.90 Å². The lowest BCUT2D eigenvalue weighted by Crippen LogP contribution is -2.32. The molecule has 0 unspecified atom stereocenters. The predicted molar refractivity (Wildman–Crippen MR) is 60.3 cm³/mol. The summed E-state index contributed by atoms with van der Waals surface area (Å²) >= 11 is 0. The molecule has 2 N–H and O–H groups in total. The van der Waals surface area contributed by atoms with Gasteiger partial charge in [0.2, 0.25) is 5.91 Å². The van der Waals surface area contributed by atoms with Gasteiger partial charge in [-0.3, -0.25) is 4.79 Å². The molecule has 3 nitrogen and oxygen atoms in total. The lowest BCUT2D eigenvalue weighted by atomic mass is 9.84. The van der Waals surface area contributed by atoms with Crippen molar-refractivity contribution in [3.63, 3.8) is 0 Å². The van der Waals surface area contributed by atoms with Crippen molar-refractivity contribution in [2.45, 2.75) is 39.5 Å². The van der Waals surface area contributed by atoms with E-state index in [4.69, 9.17) is 5.73 Å². The van der Waals surface area contributed by atoms with Gasteiger partial charge in [0.25, 0.3) is 6.43 Å². The fourth-order valence-corrected chi connectivity index (χ4v) is 1.46. The van der Waals surface area contributed by atoms with Crippen molar-refractivity contribution in [3.05, 3.63) is 0 Å². The third kappa shape index (κ3) is 6.71. The highest BCUT2D eigenvalue weighted by Crippen LogP contribution is 2.26. The molecule has 0 aromatic carbocycles. The first-order chi connectivity index (χ1) is 7.28. The van der Waals surface area contributed by atoms with E-state index in [-0.39, 0.29) is 11.3 Å². The Kier molecular flexibility index (Phi) is 6.48. The van der Waals surface area contributed by atoms with Crippen molar-refractivity contribution >= 4 is 5.91 Å². The van der Waals surface area contributed by atoms with Crippen LogP contribution in [0.1, 0.15) is 33.1 Å². The van der Waals surface area contributed by atoms with E-state index in [1.165, 1.54) is 7.05 Å². The molecule has 0 aromatic rings. The standard InChI is InChI=1S/C11H22F2N2O/c1-11(2,6-7-14)5-4-10(16)15(3)8-9(12)13/h9H,4-8,14H2,1-3H3. The van der Waals surface area contributed by atoms with Crippen molar-refractivity contribution in [2.24, 2.45) is 11.1 Å². The van der Waals surface area contributed by atoms with Crippen LogP contribution in [-0.4, -0.2) is 37.4 Å². The van der Waals surface area contributed by atoms with Gasteiger partial charge in [-0.05, 0) is 24.8 Å². The Hall–Kier alpha value is -0.710. The van der Waals surface area contributed by atoms with Crippen molar-refractivity contribution in [3.8, 4) is 0 Å². The van der Waals surface area contributed by atoms with Gasteiger partial charge < -0.3 is 10.6 Å². The average molecular weight is 236 g/mol. The Morgan fingerprint density at radius 1 is 1.38 bits per heavy atom. The van der Waals surface area contributed by atoms with Gasteiger partial charge in [-0.25, -0.2) is 8.78 Å². The summed E-state index contributed by atoms with van der Waals surface area (Å²) in [5.74, 6) is -0.231. The Morgan fingerprint density at radius 3 is 2.38 bits per heavy atom. The molecule has 0 bridgehead atoms. The summed E-state index contributed by atoms with van der Waals surface area (Å²) in [6.07, 6.45) is -0.655. The molecule has 0 fully saturated rings. The first kappa shape index (κ1) is 15.3. The molecule has 0 atom stereocenters. The number of hydrogen-bond acceptors (Lipinski definition) is 2. The molecule has 0 saturated carbocycles. The van der Waals surface area contributed by atoms with Gasteiger partial charge in [-0.2, -0.15) is 0 Å². The monoisotopic (exact) mass is 236 g/mol. The molecule has 0 saturated heterocycles. The van der Waals surface area contributed by atoms with Gasteiger partial charge >= 0.3 is 0 Å². The predicted octanol–water partition coefficient (Wildman–Crippen LogP) is 1.87. The second-order valence-electron chi connectivity index (χ2n) is 4.87. The van der Waals surface area contributed by atoms with Crippen LogP contribution >= 0.6 is 0 Å². The maximum atomic E-state index is 12.0. The highest BCUT2D eigenvalue weighted by Gasteiger charge is 2.20. The zero-order valence-electron chi connectivity index (χ0n) is 10.3. The molecular weight excluding hydrogens is 214 g/mol. The molecular formula is C11H22F2N2O. The van der Waals surface area contributed by atoms with E-state index in [0.717, 1.165) is 11.3 Å². The third-order valence-electron chi connectivity index (χ3n) is 2.67. The number of carbonyl (C=O) groups excluding carboxylic acids is 1. The fraction of sp³-hybridized carbons (Fsp3) is 0.909. The number of halogens is 2. The van der Waals surface area contributed by atoms with Gasteiger partial charge in [0, 0.05) is 13.5 Å². The number of alkyl halides is 2. The molecule has 0 aromatic heterocycles. The number of carbonyl (C=O) groups is 1. The normalized spacial score (nSPS) is 11.9. The largest absolute Gasteiger partial charge is 0.340 e. The molecule has 0 heterocycles. The first-order valence-corrected chi connectivity index (χ1v) is 5.50. The number of hydrogen-bond donors (Lipinski definition) is 1. The van der Waals surface area contributed by atoms with Crippen LogP contribution in [0.25, 0.3) is 0 Å². The second-order valence-corrected chi connectivity index (χ2v) is 4.87. The summed E-state index contributed by atoms with van der Waals surface area (Å²) in [6, 6.07) is 0. The Balaban J connectivity index is 3.97. The molecule has 0 rings (SSSR count). The van der Waals surface area contributed by atoms with Crippen molar-refractivity contribution < 1.29 is 13.6 Å². The summed E-state index contributed by atoms with van der Waals surface area (Å²) in [5, 5.41) is 0. The lowest BCUT2D eigenvalue weighted by Gasteiger charge is -2.25. The van der Waals surface area contributed by atoms with Crippen LogP contribution in [0.2, 0.25) is 0 Å². The number of nitrogens with zero attached hydrogens (tertiary/aromatic N) is 1. The van der Waals surface area contributed by atoms with Crippen LogP contribution in [0.3, 0.4) is 0 Å². The lowest BCUT2D eigenvalue weighted by molar-refractivity contribution is -0.132. The minimum atomic E-state index is -2.47. The molecule has 0 aliphatic carbocycles. The smallest absolute Gasteiger partial charge is 0.255 e. The SMILES string of the molecule is CN(CC(F)F)C(=O)CCC(C)(C)CCN. The molecule has 16 heavy (non-hydrogen) atoms. The maximum Gasteiger partial charge on any atom is 0.255 e. The highest BCUT2D eigenvalue weighted by molar-refractivity contribution is 5.75. The number of rotatable bonds is 7. The van der Waals surface area contributed by atoms with Crippen molar-refractivity contribution in [2.75, 3.05) is 20.1 Å². The minimum Gasteiger partial charge on any atom is -0.340 e. The molecule has 96 valence electrons. The zero-order valence-corrected chi connectivity index (χ0v) is 10.3. The molecule has 1 amide bonds. The molecule has 0 radical (unpaired) electrons. The summed E-state index contributed by atoms with van der Waals surface area (Å²) in [7, 11) is 1.41. The van der Waals surface area contributed by atoms with Gasteiger partial charge in [-0.1, -0.05) is 13.8 Å². The van der Waals surface area contributed by atoms with Crippen LogP contribution < -0.4 is 5.73 Å². The topological polar surface area (TPSA) is 46.3 Å². The van der Waals surface area contributed by atoms with E-state index in [0.29, 0.717) is 19.4 Å². The van der Waals surface area contributed by atoms with Crippen LogP contribution in [0, 0.1) is 5.41 Å². The van der Waals surface area contributed by atoms with Crippen molar-refractivity contribution in [1.29, 1.82) is 0 Å². The zero-order chi connectivity index (χ0) is 12.8. The summed E-state index contributed by atoms with van der Waals surface area (Å²) < 4.78 is 24.1. The van der Waals surface area contributed by atoms with Crippen LogP contribution in [0.4, 0.5) is 8.78 Å². The summed E-state index contributed by atoms with van der Waals surface area (Å²) in [4.78, 5) is 12.6. The average Bonchev–Trinajstić information content (AvgIpc) is 2.13. The molecule has 0 spiro atoms. The van der Waals surface area contributed by atoms with Gasteiger partial charge in [0.1, 0.15) is 0 Å². The third-order valence-corrected chi connectivity index (χ3v) is 2.67. The maximum absolute atomic E-state index is 12.0. The molecule has 5 heteroatoms. The number of nitrogens with two attached hydrogens (primary N) is 1. The van der Waals surface area contributed by atoms with Gasteiger partial charge in [0.15, 0.2) is 0 Å². The molecule has 0 aliphatic heterocycles. The van der Waals surface area contributed by atoms with Crippen LogP contribution in [-0.2, 0) is 4.79 Å². The number of amides is 1. The Morgan fingerprint density at radius 2 is 1.94 bits per heavy atom. The van der Waals surface area contributed by atoms with E-state index < -0.39 is 13.0 Å². The van der Waals surface area contributed by atoms with E-state index >= 15 is 0 Å². The summed E-state index contributed by atoms with van der Waals surface area (Å²) in [6.45, 7) is 4.14. The van der Waals surface area contributed by atoms with Gasteiger partial charge in [0.05, 0.1) is 6.54 Å². The van der Waals surface area contributed by atoms with E-state index in [1.54, 1.807) is 0 Å².